The van der Waals surface area contributed by atoms with Gasteiger partial charge in [0.25, 0.3) is 0 Å². The number of benzene rings is 2. The second-order valence-electron chi connectivity index (χ2n) is 7.41. The minimum atomic E-state index is -3.77. The maximum atomic E-state index is 11.6. The molecule has 1 unspecified atom stereocenters. The number of sulfonamides is 1. The quantitative estimate of drug-likeness (QED) is 0.667. The lowest BCUT2D eigenvalue weighted by molar-refractivity contribution is 0.475. The number of nitrogens with zero attached hydrogens (tertiary/aromatic N) is 4. The van der Waals surface area contributed by atoms with Gasteiger partial charge in [-0.05, 0) is 67.9 Å². The molecular weight excluding hydrogens is 402 g/mol. The van der Waals surface area contributed by atoms with Crippen LogP contribution in [0.5, 0.6) is 5.75 Å². The van der Waals surface area contributed by atoms with E-state index in [0.717, 1.165) is 33.9 Å². The monoisotopic (exact) mass is 425 g/mol. The summed E-state index contributed by atoms with van der Waals surface area (Å²) in [6, 6.07) is 13.2. The molecule has 0 aliphatic carbocycles. The van der Waals surface area contributed by atoms with Crippen molar-refractivity contribution >= 4 is 21.4 Å². The van der Waals surface area contributed by atoms with Crippen LogP contribution in [0.25, 0.3) is 0 Å². The smallest absolute Gasteiger partial charge is 0.238 e. The van der Waals surface area contributed by atoms with E-state index in [4.69, 9.17) is 10.2 Å². The SMILES string of the molecule is Cc1nn(C)c(C)c1C1CC(c2ccc(O)cc2)=NN1c1ccc(S(N)(=O)=O)cc1. The Morgan fingerprint density at radius 1 is 1.07 bits per heavy atom. The van der Waals surface area contributed by atoms with Crippen LogP contribution in [0.4, 0.5) is 5.69 Å². The molecule has 4 rings (SSSR count). The number of hydrogen-bond donors (Lipinski definition) is 2. The zero-order chi connectivity index (χ0) is 21.6. The molecular formula is C21H23N5O3S. The molecule has 3 aromatic rings. The van der Waals surface area contributed by atoms with E-state index in [9.17, 15) is 13.5 Å². The van der Waals surface area contributed by atoms with Gasteiger partial charge in [-0.1, -0.05) is 0 Å². The Balaban J connectivity index is 1.80. The third-order valence-electron chi connectivity index (χ3n) is 5.44. The van der Waals surface area contributed by atoms with Gasteiger partial charge >= 0.3 is 0 Å². The van der Waals surface area contributed by atoms with Crippen LogP contribution in [0.2, 0.25) is 0 Å². The molecule has 1 atom stereocenters. The Morgan fingerprint density at radius 3 is 2.23 bits per heavy atom. The van der Waals surface area contributed by atoms with E-state index < -0.39 is 10.0 Å². The van der Waals surface area contributed by atoms with Crippen LogP contribution in [-0.2, 0) is 17.1 Å². The van der Waals surface area contributed by atoms with Crippen molar-refractivity contribution in [3.63, 3.8) is 0 Å². The van der Waals surface area contributed by atoms with Crippen molar-refractivity contribution in [2.75, 3.05) is 5.01 Å². The second-order valence-corrected chi connectivity index (χ2v) is 8.97. The van der Waals surface area contributed by atoms with Crippen LogP contribution in [0.3, 0.4) is 0 Å². The molecule has 0 radical (unpaired) electrons. The van der Waals surface area contributed by atoms with E-state index in [1.54, 1.807) is 24.3 Å². The van der Waals surface area contributed by atoms with E-state index in [1.165, 1.54) is 12.1 Å². The van der Waals surface area contributed by atoms with Gasteiger partial charge in [0, 0.05) is 24.7 Å². The van der Waals surface area contributed by atoms with E-state index >= 15 is 0 Å². The summed E-state index contributed by atoms with van der Waals surface area (Å²) >= 11 is 0. The number of primary sulfonamides is 1. The fourth-order valence-electron chi connectivity index (χ4n) is 3.86. The van der Waals surface area contributed by atoms with Crippen molar-refractivity contribution in [2.45, 2.75) is 31.2 Å². The van der Waals surface area contributed by atoms with Gasteiger partial charge < -0.3 is 5.11 Å². The molecule has 2 heterocycles. The highest BCUT2D eigenvalue weighted by Gasteiger charge is 2.33. The Bertz CT molecular complexity index is 1230. The first kappa shape index (κ1) is 20.1. The van der Waals surface area contributed by atoms with Crippen LogP contribution in [0, 0.1) is 13.8 Å². The van der Waals surface area contributed by atoms with E-state index in [1.807, 2.05) is 42.7 Å². The summed E-state index contributed by atoms with van der Waals surface area (Å²) in [5, 5.41) is 26.1. The molecule has 30 heavy (non-hydrogen) atoms. The van der Waals surface area contributed by atoms with Gasteiger partial charge in [0.15, 0.2) is 0 Å². The third-order valence-corrected chi connectivity index (χ3v) is 6.37. The number of aromatic hydroxyl groups is 1. The van der Waals surface area contributed by atoms with Crippen molar-refractivity contribution in [2.24, 2.45) is 17.3 Å². The summed E-state index contributed by atoms with van der Waals surface area (Å²) in [6.07, 6.45) is 0.648. The molecule has 0 spiro atoms. The molecule has 0 amide bonds. The van der Waals surface area contributed by atoms with Gasteiger partial charge in [-0.3, -0.25) is 9.69 Å². The maximum absolute atomic E-state index is 11.6. The van der Waals surface area contributed by atoms with Crippen molar-refractivity contribution in [1.29, 1.82) is 0 Å². The number of hydrazone groups is 1. The minimum Gasteiger partial charge on any atom is -0.508 e. The molecule has 1 aliphatic rings. The predicted octanol–water partition coefficient (Wildman–Crippen LogP) is 2.75. The number of rotatable bonds is 4. The van der Waals surface area contributed by atoms with Crippen molar-refractivity contribution in [3.8, 4) is 5.75 Å². The zero-order valence-corrected chi connectivity index (χ0v) is 17.8. The Kier molecular flexibility index (Phi) is 4.87. The largest absolute Gasteiger partial charge is 0.508 e. The van der Waals surface area contributed by atoms with E-state index in [0.29, 0.717) is 6.42 Å². The third kappa shape index (κ3) is 3.57. The summed E-state index contributed by atoms with van der Waals surface area (Å²) in [5.74, 6) is 0.197. The summed E-state index contributed by atoms with van der Waals surface area (Å²) in [5.41, 5.74) is 5.60. The topological polar surface area (TPSA) is 114 Å². The van der Waals surface area contributed by atoms with Gasteiger partial charge in [0.05, 0.1) is 28.0 Å². The van der Waals surface area contributed by atoms with E-state index in [-0.39, 0.29) is 16.7 Å². The van der Waals surface area contributed by atoms with Crippen LogP contribution in [0.15, 0.2) is 58.5 Å². The predicted molar refractivity (Wildman–Crippen MR) is 115 cm³/mol. The highest BCUT2D eigenvalue weighted by Crippen LogP contribution is 2.39. The van der Waals surface area contributed by atoms with Crippen molar-refractivity contribution < 1.29 is 13.5 Å². The summed E-state index contributed by atoms with van der Waals surface area (Å²) in [4.78, 5) is 0.0541. The van der Waals surface area contributed by atoms with Gasteiger partial charge in [-0.15, -0.1) is 0 Å². The number of nitrogens with two attached hydrogens (primary N) is 1. The number of aryl methyl sites for hydroxylation is 2. The van der Waals surface area contributed by atoms with Gasteiger partial charge in [-0.25, -0.2) is 13.6 Å². The summed E-state index contributed by atoms with van der Waals surface area (Å²) in [7, 11) is -1.86. The maximum Gasteiger partial charge on any atom is 0.238 e. The number of anilines is 1. The normalized spacial score (nSPS) is 16.7. The molecule has 0 saturated carbocycles. The molecule has 0 saturated heterocycles. The number of hydrogen-bond acceptors (Lipinski definition) is 6. The standard InChI is InChI=1S/C21H23N5O3S/c1-13-21(14(2)25(3)23-13)20-12-19(15-4-8-17(27)9-5-15)24-26(20)16-6-10-18(11-7-16)30(22,28)29/h4-11,20,27H,12H2,1-3H3,(H2,22,28,29). The molecule has 9 heteroatoms. The molecule has 3 N–H and O–H groups in total. The number of aromatic nitrogens is 2. The Hall–Kier alpha value is -3.17. The van der Waals surface area contributed by atoms with Gasteiger partial charge in [-0.2, -0.15) is 10.2 Å². The number of phenols is 1. The van der Waals surface area contributed by atoms with Gasteiger partial charge in [0.1, 0.15) is 5.75 Å². The highest BCUT2D eigenvalue weighted by atomic mass is 32.2. The van der Waals surface area contributed by atoms with Crippen molar-refractivity contribution in [3.05, 3.63) is 71.0 Å². The molecule has 0 bridgehead atoms. The zero-order valence-electron chi connectivity index (χ0n) is 16.9. The fraction of sp³-hybridized carbons (Fsp3) is 0.238. The average molecular weight is 426 g/mol. The molecule has 8 nitrogen and oxygen atoms in total. The van der Waals surface area contributed by atoms with Crippen molar-refractivity contribution in [1.82, 2.24) is 9.78 Å². The molecule has 1 aromatic heterocycles. The average Bonchev–Trinajstić information content (AvgIpc) is 3.22. The number of phenolic OH excluding ortho intramolecular Hbond substituents is 1. The molecule has 0 fully saturated rings. The first-order valence-corrected chi connectivity index (χ1v) is 11.0. The summed E-state index contributed by atoms with van der Waals surface area (Å²) < 4.78 is 25.1. The van der Waals surface area contributed by atoms with Crippen LogP contribution in [-0.4, -0.2) is 29.0 Å². The van der Waals surface area contributed by atoms with Crippen LogP contribution < -0.4 is 10.1 Å². The van der Waals surface area contributed by atoms with Gasteiger partial charge in [0.2, 0.25) is 10.0 Å². The van der Waals surface area contributed by atoms with Crippen LogP contribution in [0.1, 0.15) is 35.0 Å². The highest BCUT2D eigenvalue weighted by molar-refractivity contribution is 7.89. The minimum absolute atomic E-state index is 0.0541. The molecule has 156 valence electrons. The lowest BCUT2D eigenvalue weighted by Gasteiger charge is -2.24. The first-order valence-electron chi connectivity index (χ1n) is 9.44. The Labute approximate surface area is 175 Å². The van der Waals surface area contributed by atoms with E-state index in [2.05, 4.69) is 5.10 Å². The Morgan fingerprint density at radius 2 is 1.70 bits per heavy atom. The van der Waals surface area contributed by atoms with Crippen LogP contribution >= 0.6 is 0 Å². The molecule has 2 aromatic carbocycles. The summed E-state index contributed by atoms with van der Waals surface area (Å²) in [6.45, 7) is 4.00. The first-order chi connectivity index (χ1) is 14.1. The second kappa shape index (κ2) is 7.26. The fourth-order valence-corrected chi connectivity index (χ4v) is 4.38. The lowest BCUT2D eigenvalue weighted by Crippen LogP contribution is -2.20. The molecule has 1 aliphatic heterocycles. The lowest BCUT2D eigenvalue weighted by atomic mass is 9.96.